The van der Waals surface area contributed by atoms with Gasteiger partial charge in [-0.3, -0.25) is 20.4 Å². The number of hydrogen-bond donors (Lipinski definition) is 2. The third-order valence-corrected chi connectivity index (χ3v) is 3.60. The first-order valence-electron chi connectivity index (χ1n) is 8.14. The zero-order chi connectivity index (χ0) is 20.6. The van der Waals surface area contributed by atoms with Crippen molar-refractivity contribution in [3.05, 3.63) is 65.2 Å². The van der Waals surface area contributed by atoms with Crippen LogP contribution in [0.5, 0.6) is 5.75 Å². The van der Waals surface area contributed by atoms with Crippen LogP contribution in [0.15, 0.2) is 48.5 Å². The van der Waals surface area contributed by atoms with Crippen LogP contribution in [0.25, 0.3) is 0 Å². The van der Waals surface area contributed by atoms with E-state index in [0.29, 0.717) is 12.0 Å². The average Bonchev–Trinajstić information content (AvgIpc) is 2.69. The van der Waals surface area contributed by atoms with E-state index in [-0.39, 0.29) is 12.2 Å². The molecule has 0 unspecified atom stereocenters. The Bertz CT molecular complexity index is 874. The summed E-state index contributed by atoms with van der Waals surface area (Å²) in [6.07, 6.45) is -4.00. The Morgan fingerprint density at radius 2 is 1.71 bits per heavy atom. The van der Waals surface area contributed by atoms with E-state index in [0.717, 1.165) is 17.7 Å². The van der Waals surface area contributed by atoms with Crippen LogP contribution in [0, 0.1) is 11.3 Å². The van der Waals surface area contributed by atoms with E-state index in [4.69, 9.17) is 10.00 Å². The molecule has 146 valence electrons. The molecule has 0 aliphatic rings. The van der Waals surface area contributed by atoms with Crippen LogP contribution in [-0.2, 0) is 22.2 Å². The smallest absolute Gasteiger partial charge is 0.416 e. The van der Waals surface area contributed by atoms with E-state index in [9.17, 15) is 22.8 Å². The lowest BCUT2D eigenvalue weighted by Gasteiger charge is -2.11. The van der Waals surface area contributed by atoms with Gasteiger partial charge in [-0.15, -0.1) is 0 Å². The lowest BCUT2D eigenvalue weighted by atomic mass is 10.1. The van der Waals surface area contributed by atoms with Crippen molar-refractivity contribution in [3.8, 4) is 11.8 Å². The normalized spacial score (nSPS) is 10.6. The minimum atomic E-state index is -4.51. The number of alkyl halides is 3. The lowest BCUT2D eigenvalue weighted by Crippen LogP contribution is -2.43. The van der Waals surface area contributed by atoms with Crippen molar-refractivity contribution in [2.75, 3.05) is 6.61 Å². The summed E-state index contributed by atoms with van der Waals surface area (Å²) in [5, 5.41) is 8.72. The Balaban J connectivity index is 1.71. The van der Waals surface area contributed by atoms with Gasteiger partial charge in [0.1, 0.15) is 5.75 Å². The van der Waals surface area contributed by atoms with Crippen LogP contribution in [0.2, 0.25) is 0 Å². The monoisotopic (exact) mass is 391 g/mol. The average molecular weight is 391 g/mol. The van der Waals surface area contributed by atoms with Gasteiger partial charge in [0.2, 0.25) is 5.91 Å². The van der Waals surface area contributed by atoms with Crippen LogP contribution >= 0.6 is 0 Å². The summed E-state index contributed by atoms with van der Waals surface area (Å²) in [6, 6.07) is 12.9. The van der Waals surface area contributed by atoms with Crippen LogP contribution in [0.4, 0.5) is 13.2 Å². The zero-order valence-corrected chi connectivity index (χ0v) is 14.5. The number of rotatable bonds is 6. The first-order valence-corrected chi connectivity index (χ1v) is 8.14. The fraction of sp³-hybridized carbons (Fsp3) is 0.211. The summed E-state index contributed by atoms with van der Waals surface area (Å²) in [4.78, 5) is 23.4. The Morgan fingerprint density at radius 1 is 1.04 bits per heavy atom. The second-order valence-electron chi connectivity index (χ2n) is 5.72. The number of hydrogen-bond acceptors (Lipinski definition) is 4. The molecule has 0 spiro atoms. The highest BCUT2D eigenvalue weighted by atomic mass is 19.4. The van der Waals surface area contributed by atoms with Crippen molar-refractivity contribution < 1.29 is 27.5 Å². The second-order valence-corrected chi connectivity index (χ2v) is 5.72. The molecule has 2 amide bonds. The summed E-state index contributed by atoms with van der Waals surface area (Å²) < 4.78 is 42.8. The molecule has 0 saturated heterocycles. The van der Waals surface area contributed by atoms with E-state index in [1.54, 1.807) is 24.3 Å². The van der Waals surface area contributed by atoms with Gasteiger partial charge in [0.25, 0.3) is 5.91 Å². The molecule has 0 fully saturated rings. The molecule has 0 radical (unpaired) electrons. The van der Waals surface area contributed by atoms with E-state index in [1.165, 1.54) is 12.1 Å². The molecule has 0 bridgehead atoms. The maximum atomic E-state index is 12.6. The Kier molecular flexibility index (Phi) is 6.98. The van der Waals surface area contributed by atoms with Gasteiger partial charge in [-0.1, -0.05) is 18.2 Å². The van der Waals surface area contributed by atoms with Crippen molar-refractivity contribution in [3.63, 3.8) is 0 Å². The number of amides is 2. The molecule has 9 heteroatoms. The standard InChI is InChI=1S/C19H16F3N3O3/c20-19(21,22)15-2-1-3-16(10-15)28-12-18(27)25-24-17(26)9-8-13-4-6-14(11-23)7-5-13/h1-7,10H,8-9,12H2,(H,24,26)(H,25,27). The molecule has 0 heterocycles. The molecule has 0 aliphatic carbocycles. The van der Waals surface area contributed by atoms with Gasteiger partial charge in [0, 0.05) is 6.42 Å². The number of carbonyl (C=O) groups excluding carboxylic acids is 2. The molecule has 6 nitrogen and oxygen atoms in total. The van der Waals surface area contributed by atoms with Gasteiger partial charge in [-0.05, 0) is 42.3 Å². The quantitative estimate of drug-likeness (QED) is 0.741. The SMILES string of the molecule is N#Cc1ccc(CCC(=O)NNC(=O)COc2cccc(C(F)(F)F)c2)cc1. The van der Waals surface area contributed by atoms with Crippen LogP contribution in [0.3, 0.4) is 0 Å². The van der Waals surface area contributed by atoms with Gasteiger partial charge in [0.05, 0.1) is 17.2 Å². The number of carbonyl (C=O) groups is 2. The number of nitrogens with one attached hydrogen (secondary N) is 2. The van der Waals surface area contributed by atoms with E-state index in [2.05, 4.69) is 10.9 Å². The van der Waals surface area contributed by atoms with Gasteiger partial charge < -0.3 is 4.74 Å². The number of nitriles is 1. The summed E-state index contributed by atoms with van der Waals surface area (Å²) in [5.41, 5.74) is 4.80. The van der Waals surface area contributed by atoms with E-state index >= 15 is 0 Å². The minimum absolute atomic E-state index is 0.0979. The second kappa shape index (κ2) is 9.41. The Morgan fingerprint density at radius 3 is 2.36 bits per heavy atom. The number of hydrazine groups is 1. The maximum Gasteiger partial charge on any atom is 0.416 e. The summed E-state index contributed by atoms with van der Waals surface area (Å²) in [7, 11) is 0. The van der Waals surface area contributed by atoms with Gasteiger partial charge in [-0.25, -0.2) is 0 Å². The largest absolute Gasteiger partial charge is 0.484 e. The van der Waals surface area contributed by atoms with Crippen molar-refractivity contribution in [1.29, 1.82) is 5.26 Å². The number of nitrogens with zero attached hydrogens (tertiary/aromatic N) is 1. The Hall–Kier alpha value is -3.54. The van der Waals surface area contributed by atoms with Crippen molar-refractivity contribution >= 4 is 11.8 Å². The highest BCUT2D eigenvalue weighted by Crippen LogP contribution is 2.31. The van der Waals surface area contributed by atoms with Gasteiger partial charge in [-0.2, -0.15) is 18.4 Å². The number of aryl methyl sites for hydroxylation is 1. The maximum absolute atomic E-state index is 12.6. The lowest BCUT2D eigenvalue weighted by molar-refractivity contribution is -0.137. The summed E-state index contributed by atoms with van der Waals surface area (Å²) in [5.74, 6) is -1.28. The highest BCUT2D eigenvalue weighted by Gasteiger charge is 2.30. The molecule has 0 atom stereocenters. The molecule has 0 saturated carbocycles. The molecule has 2 rings (SSSR count). The van der Waals surface area contributed by atoms with Crippen LogP contribution in [0.1, 0.15) is 23.1 Å². The predicted molar refractivity (Wildman–Crippen MR) is 92.7 cm³/mol. The first-order chi connectivity index (χ1) is 13.3. The van der Waals surface area contributed by atoms with Crippen molar-refractivity contribution in [2.45, 2.75) is 19.0 Å². The number of halogens is 3. The summed E-state index contributed by atoms with van der Waals surface area (Å²) >= 11 is 0. The molecule has 0 aliphatic heterocycles. The topological polar surface area (TPSA) is 91.2 Å². The first kappa shape index (κ1) is 20.8. The van der Waals surface area contributed by atoms with Crippen LogP contribution in [-0.4, -0.2) is 18.4 Å². The zero-order valence-electron chi connectivity index (χ0n) is 14.5. The van der Waals surface area contributed by atoms with E-state index < -0.39 is 30.2 Å². The predicted octanol–water partition coefficient (Wildman–Crippen LogP) is 2.74. The molecule has 2 aromatic rings. The molecular formula is C19H16F3N3O3. The van der Waals surface area contributed by atoms with Gasteiger partial charge >= 0.3 is 6.18 Å². The number of benzene rings is 2. The molecule has 2 N–H and O–H groups in total. The van der Waals surface area contributed by atoms with E-state index in [1.807, 2.05) is 6.07 Å². The van der Waals surface area contributed by atoms with Crippen LogP contribution < -0.4 is 15.6 Å². The third-order valence-electron chi connectivity index (χ3n) is 3.60. The third kappa shape index (κ3) is 6.64. The molecular weight excluding hydrogens is 375 g/mol. The Labute approximate surface area is 158 Å². The summed E-state index contributed by atoms with van der Waals surface area (Å²) in [6.45, 7) is -0.558. The molecule has 0 aromatic heterocycles. The fourth-order valence-electron chi connectivity index (χ4n) is 2.15. The number of ether oxygens (including phenoxy) is 1. The fourth-order valence-corrected chi connectivity index (χ4v) is 2.15. The van der Waals surface area contributed by atoms with Crippen molar-refractivity contribution in [1.82, 2.24) is 10.9 Å². The van der Waals surface area contributed by atoms with Gasteiger partial charge in [0.15, 0.2) is 6.61 Å². The molecule has 2 aromatic carbocycles. The van der Waals surface area contributed by atoms with Crippen molar-refractivity contribution in [2.24, 2.45) is 0 Å². The molecule has 28 heavy (non-hydrogen) atoms. The minimum Gasteiger partial charge on any atom is -0.484 e. The highest BCUT2D eigenvalue weighted by molar-refractivity contribution is 5.82.